The molecule has 0 saturated carbocycles. The summed E-state index contributed by atoms with van der Waals surface area (Å²) in [4.78, 5) is 9.04. The Bertz CT molecular complexity index is 587. The molecule has 1 aromatic heterocycles. The number of aryl methyl sites for hydroxylation is 1. The van der Waals surface area contributed by atoms with E-state index in [-0.39, 0.29) is 5.75 Å². The maximum absolute atomic E-state index is 9.55. The van der Waals surface area contributed by atoms with E-state index in [1.807, 2.05) is 13.0 Å². The summed E-state index contributed by atoms with van der Waals surface area (Å²) >= 11 is 3.53. The maximum atomic E-state index is 9.55. The molecule has 0 radical (unpaired) electrons. The van der Waals surface area contributed by atoms with E-state index >= 15 is 0 Å². The lowest BCUT2D eigenvalue weighted by atomic mass is 10.2. The Kier molecular flexibility index (Phi) is 4.37. The van der Waals surface area contributed by atoms with E-state index in [0.717, 1.165) is 34.5 Å². The lowest BCUT2D eigenvalue weighted by molar-refractivity contribution is 0.475. The minimum absolute atomic E-state index is 0.215. The third-order valence-electron chi connectivity index (χ3n) is 2.70. The van der Waals surface area contributed by atoms with Gasteiger partial charge in [0.15, 0.2) is 5.82 Å². The summed E-state index contributed by atoms with van der Waals surface area (Å²) in [5, 5.41) is 12.8. The number of anilines is 1. The maximum Gasteiger partial charge on any atom is 0.161 e. The second-order valence-corrected chi connectivity index (χ2v) is 4.88. The van der Waals surface area contributed by atoms with Gasteiger partial charge in [-0.05, 0) is 41.4 Å². The van der Waals surface area contributed by atoms with Crippen LogP contribution in [0.25, 0.3) is 11.4 Å². The molecule has 0 aliphatic carbocycles. The highest BCUT2D eigenvalue weighted by Gasteiger charge is 2.12. The van der Waals surface area contributed by atoms with Crippen LogP contribution in [0.15, 0.2) is 28.7 Å². The second kappa shape index (κ2) is 6.02. The average Bonchev–Trinajstić information content (AvgIpc) is 2.41. The Morgan fingerprint density at radius 2 is 2.05 bits per heavy atom. The Hall–Kier alpha value is -1.62. The highest BCUT2D eigenvalue weighted by molar-refractivity contribution is 9.10. The fourth-order valence-corrected chi connectivity index (χ4v) is 2.38. The molecule has 0 saturated heterocycles. The van der Waals surface area contributed by atoms with Gasteiger partial charge in [-0.15, -0.1) is 0 Å². The van der Waals surface area contributed by atoms with E-state index in [1.165, 1.54) is 0 Å². The van der Waals surface area contributed by atoms with Gasteiger partial charge in [0.1, 0.15) is 11.6 Å². The predicted octanol–water partition coefficient (Wildman–Crippen LogP) is 3.61. The number of nitrogens with one attached hydrogen (secondary N) is 1. The number of hydrogen-bond acceptors (Lipinski definition) is 4. The zero-order chi connectivity index (χ0) is 13.8. The molecule has 100 valence electrons. The molecule has 0 spiro atoms. The number of hydrogen-bond donors (Lipinski definition) is 2. The number of aromatic nitrogens is 2. The van der Waals surface area contributed by atoms with Gasteiger partial charge >= 0.3 is 0 Å². The molecule has 0 aliphatic rings. The van der Waals surface area contributed by atoms with Crippen molar-refractivity contribution < 1.29 is 5.11 Å². The van der Waals surface area contributed by atoms with E-state index in [4.69, 9.17) is 0 Å². The largest absolute Gasteiger partial charge is 0.508 e. The van der Waals surface area contributed by atoms with Crippen molar-refractivity contribution in [2.24, 2.45) is 0 Å². The van der Waals surface area contributed by atoms with Crippen molar-refractivity contribution in [1.82, 2.24) is 9.97 Å². The van der Waals surface area contributed by atoms with E-state index in [2.05, 4.69) is 38.1 Å². The van der Waals surface area contributed by atoms with Crippen molar-refractivity contribution in [3.8, 4) is 17.1 Å². The normalized spacial score (nSPS) is 10.5. The number of phenols is 1. The van der Waals surface area contributed by atoms with Crippen molar-refractivity contribution in [2.75, 3.05) is 11.9 Å². The monoisotopic (exact) mass is 321 g/mol. The van der Waals surface area contributed by atoms with Crippen LogP contribution >= 0.6 is 15.9 Å². The molecule has 1 aromatic carbocycles. The molecule has 0 unspecified atom stereocenters. The van der Waals surface area contributed by atoms with Gasteiger partial charge in [0.05, 0.1) is 10.2 Å². The van der Waals surface area contributed by atoms with Crippen molar-refractivity contribution in [3.05, 3.63) is 34.4 Å². The number of aromatic hydroxyl groups is 1. The topological polar surface area (TPSA) is 58.0 Å². The first-order valence-electron chi connectivity index (χ1n) is 6.25. The fraction of sp³-hybridized carbons (Fsp3) is 0.286. The molecule has 0 amide bonds. The second-order valence-electron chi connectivity index (χ2n) is 4.09. The molecule has 5 heteroatoms. The van der Waals surface area contributed by atoms with E-state index in [1.54, 1.807) is 18.2 Å². The summed E-state index contributed by atoms with van der Waals surface area (Å²) in [5.41, 5.74) is 1.76. The molecule has 19 heavy (non-hydrogen) atoms. The van der Waals surface area contributed by atoms with Crippen LogP contribution in [0.4, 0.5) is 5.82 Å². The molecule has 0 fully saturated rings. The van der Waals surface area contributed by atoms with Gasteiger partial charge in [-0.2, -0.15) is 0 Å². The number of rotatable bonds is 4. The molecule has 0 aliphatic heterocycles. The third-order valence-corrected chi connectivity index (χ3v) is 3.54. The first-order valence-corrected chi connectivity index (χ1v) is 7.04. The van der Waals surface area contributed by atoms with Crippen LogP contribution in [0, 0.1) is 0 Å². The van der Waals surface area contributed by atoms with Gasteiger partial charge in [-0.3, -0.25) is 0 Å². The molecule has 4 nitrogen and oxygen atoms in total. The number of halogens is 1. The Labute approximate surface area is 121 Å². The summed E-state index contributed by atoms with van der Waals surface area (Å²) in [6.07, 6.45) is 0.813. The van der Waals surface area contributed by atoms with Crippen molar-refractivity contribution in [2.45, 2.75) is 20.3 Å². The molecular formula is C14H16BrN3O. The van der Waals surface area contributed by atoms with Crippen LogP contribution in [-0.2, 0) is 6.42 Å². The molecule has 2 N–H and O–H groups in total. The van der Waals surface area contributed by atoms with Crippen LogP contribution in [-0.4, -0.2) is 21.6 Å². The highest BCUT2D eigenvalue weighted by Crippen LogP contribution is 2.28. The number of nitrogens with zero attached hydrogens (tertiary/aromatic N) is 2. The van der Waals surface area contributed by atoms with Crippen LogP contribution in [0.3, 0.4) is 0 Å². The quantitative estimate of drug-likeness (QED) is 0.903. The van der Waals surface area contributed by atoms with Crippen LogP contribution in [0.5, 0.6) is 5.75 Å². The minimum atomic E-state index is 0.215. The summed E-state index contributed by atoms with van der Waals surface area (Å²) in [7, 11) is 0. The highest BCUT2D eigenvalue weighted by atomic mass is 79.9. The summed E-state index contributed by atoms with van der Waals surface area (Å²) in [6, 6.07) is 6.97. The molecule has 0 bridgehead atoms. The van der Waals surface area contributed by atoms with Gasteiger partial charge < -0.3 is 10.4 Å². The Balaban J connectivity index is 2.54. The van der Waals surface area contributed by atoms with Crippen LogP contribution in [0.2, 0.25) is 0 Å². The van der Waals surface area contributed by atoms with E-state index < -0.39 is 0 Å². The van der Waals surface area contributed by atoms with Crippen molar-refractivity contribution >= 4 is 21.7 Å². The first-order chi connectivity index (χ1) is 9.15. The number of benzene rings is 1. The summed E-state index contributed by atoms with van der Waals surface area (Å²) in [5.74, 6) is 1.62. The smallest absolute Gasteiger partial charge is 0.161 e. The summed E-state index contributed by atoms with van der Waals surface area (Å²) in [6.45, 7) is 4.86. The van der Waals surface area contributed by atoms with Crippen LogP contribution < -0.4 is 5.32 Å². The van der Waals surface area contributed by atoms with Crippen LogP contribution in [0.1, 0.15) is 19.5 Å². The fourth-order valence-electron chi connectivity index (χ4n) is 1.79. The van der Waals surface area contributed by atoms with Crippen molar-refractivity contribution in [3.63, 3.8) is 0 Å². The average molecular weight is 322 g/mol. The zero-order valence-electron chi connectivity index (χ0n) is 10.9. The third kappa shape index (κ3) is 3.04. The Morgan fingerprint density at radius 3 is 2.68 bits per heavy atom. The summed E-state index contributed by atoms with van der Waals surface area (Å²) < 4.78 is 0.903. The van der Waals surface area contributed by atoms with Gasteiger partial charge in [-0.25, -0.2) is 9.97 Å². The predicted molar refractivity (Wildman–Crippen MR) is 80.4 cm³/mol. The first kappa shape index (κ1) is 13.8. The van der Waals surface area contributed by atoms with Gasteiger partial charge in [0, 0.05) is 12.1 Å². The lowest BCUT2D eigenvalue weighted by Crippen LogP contribution is -2.05. The standard InChI is InChI=1S/C14H16BrN3O/c1-3-11-12(15)14(16-4-2)18-13(17-11)9-6-5-7-10(19)8-9/h5-8,19H,3-4H2,1-2H3,(H,16,17,18). The molecule has 2 aromatic rings. The minimum Gasteiger partial charge on any atom is -0.508 e. The van der Waals surface area contributed by atoms with Gasteiger partial charge in [-0.1, -0.05) is 19.1 Å². The van der Waals surface area contributed by atoms with E-state index in [0.29, 0.717) is 5.82 Å². The Morgan fingerprint density at radius 1 is 1.26 bits per heavy atom. The lowest BCUT2D eigenvalue weighted by Gasteiger charge is -2.11. The van der Waals surface area contributed by atoms with E-state index in [9.17, 15) is 5.11 Å². The SMILES string of the molecule is CCNc1nc(-c2cccc(O)c2)nc(CC)c1Br. The zero-order valence-corrected chi connectivity index (χ0v) is 12.5. The molecule has 1 heterocycles. The molecular weight excluding hydrogens is 306 g/mol. The van der Waals surface area contributed by atoms with Gasteiger partial charge in [0.25, 0.3) is 0 Å². The number of phenolic OH excluding ortho intramolecular Hbond substituents is 1. The molecule has 0 atom stereocenters. The molecule has 2 rings (SSSR count). The van der Waals surface area contributed by atoms with Crippen molar-refractivity contribution in [1.29, 1.82) is 0 Å². The van der Waals surface area contributed by atoms with Gasteiger partial charge in [0.2, 0.25) is 0 Å².